The topological polar surface area (TPSA) is 116 Å². The summed E-state index contributed by atoms with van der Waals surface area (Å²) in [4.78, 5) is 22.8. The average Bonchev–Trinajstić information content (AvgIpc) is 2.74. The number of nitrogens with one attached hydrogen (secondary N) is 1. The number of aromatic nitrogens is 2. The molecule has 0 aliphatic rings. The Labute approximate surface area is 109 Å². The van der Waals surface area contributed by atoms with Crippen LogP contribution in [0.4, 0.5) is 11.5 Å². The van der Waals surface area contributed by atoms with Gasteiger partial charge in [0.1, 0.15) is 12.4 Å². The molecule has 5 N–H and O–H groups in total. The summed E-state index contributed by atoms with van der Waals surface area (Å²) >= 11 is 0. The molecule has 0 bridgehead atoms. The minimum atomic E-state index is -0.545. The molecule has 1 aromatic heterocycles. The third-order valence-electron chi connectivity index (χ3n) is 2.40. The van der Waals surface area contributed by atoms with Crippen molar-refractivity contribution in [1.82, 2.24) is 9.78 Å². The first kappa shape index (κ1) is 12.6. The van der Waals surface area contributed by atoms with Crippen molar-refractivity contribution < 1.29 is 9.59 Å². The molecule has 7 heteroatoms. The Kier molecular flexibility index (Phi) is 3.46. The van der Waals surface area contributed by atoms with E-state index in [1.165, 1.54) is 10.7 Å². The van der Waals surface area contributed by atoms with Crippen molar-refractivity contribution in [3.05, 3.63) is 42.1 Å². The first-order valence-corrected chi connectivity index (χ1v) is 5.53. The number of carbonyl (C=O) groups excluding carboxylic acids is 2. The van der Waals surface area contributed by atoms with Gasteiger partial charge in [0.25, 0.3) is 0 Å². The zero-order valence-corrected chi connectivity index (χ0v) is 10.0. The number of anilines is 2. The van der Waals surface area contributed by atoms with E-state index in [4.69, 9.17) is 11.5 Å². The highest BCUT2D eigenvalue weighted by Gasteiger charge is 2.06. The monoisotopic (exact) mass is 259 g/mol. The van der Waals surface area contributed by atoms with Crippen LogP contribution in [0.2, 0.25) is 0 Å². The van der Waals surface area contributed by atoms with Crippen LogP contribution in [0.5, 0.6) is 0 Å². The molecule has 98 valence electrons. The molecule has 0 fully saturated rings. The Balaban J connectivity index is 2.02. The van der Waals surface area contributed by atoms with Crippen molar-refractivity contribution in [2.24, 2.45) is 5.73 Å². The second-order valence-electron chi connectivity index (χ2n) is 3.93. The van der Waals surface area contributed by atoms with Gasteiger partial charge in [-0.15, -0.1) is 0 Å². The van der Waals surface area contributed by atoms with Gasteiger partial charge in [0.05, 0.1) is 0 Å². The van der Waals surface area contributed by atoms with E-state index in [1.807, 2.05) is 0 Å². The summed E-state index contributed by atoms with van der Waals surface area (Å²) in [6, 6.07) is 7.99. The Morgan fingerprint density at radius 1 is 1.32 bits per heavy atom. The fraction of sp³-hybridized carbons (Fsp3) is 0.0833. The maximum Gasteiger partial charge on any atom is 0.248 e. The van der Waals surface area contributed by atoms with Gasteiger partial charge in [0, 0.05) is 17.4 Å². The molecule has 0 spiro atoms. The molecule has 0 aliphatic carbocycles. The molecule has 1 heterocycles. The zero-order valence-electron chi connectivity index (χ0n) is 10.0. The molecule has 0 unspecified atom stereocenters. The summed E-state index contributed by atoms with van der Waals surface area (Å²) in [5, 5.41) is 6.54. The third kappa shape index (κ3) is 3.32. The van der Waals surface area contributed by atoms with E-state index in [-0.39, 0.29) is 12.5 Å². The van der Waals surface area contributed by atoms with Crippen LogP contribution in [0.1, 0.15) is 10.4 Å². The Morgan fingerprint density at radius 2 is 2.11 bits per heavy atom. The number of primary amides is 1. The molecule has 0 saturated carbocycles. The molecule has 7 nitrogen and oxygen atoms in total. The summed E-state index contributed by atoms with van der Waals surface area (Å²) in [6.07, 6.45) is 1.61. The fourth-order valence-electron chi connectivity index (χ4n) is 1.56. The number of benzene rings is 1. The van der Waals surface area contributed by atoms with Crippen molar-refractivity contribution in [1.29, 1.82) is 0 Å². The van der Waals surface area contributed by atoms with E-state index < -0.39 is 5.91 Å². The molecule has 0 radical (unpaired) electrons. The highest BCUT2D eigenvalue weighted by atomic mass is 16.2. The van der Waals surface area contributed by atoms with E-state index in [2.05, 4.69) is 10.4 Å². The number of amides is 2. The van der Waals surface area contributed by atoms with Crippen LogP contribution < -0.4 is 16.8 Å². The lowest BCUT2D eigenvalue weighted by Gasteiger charge is -2.06. The van der Waals surface area contributed by atoms with E-state index in [0.717, 1.165) is 0 Å². The van der Waals surface area contributed by atoms with Crippen molar-refractivity contribution >= 4 is 23.3 Å². The minimum absolute atomic E-state index is 0.0397. The van der Waals surface area contributed by atoms with Crippen LogP contribution >= 0.6 is 0 Å². The van der Waals surface area contributed by atoms with Crippen LogP contribution in [0.3, 0.4) is 0 Å². The molecule has 0 saturated heterocycles. The fourth-order valence-corrected chi connectivity index (χ4v) is 1.56. The number of nitrogens with zero attached hydrogens (tertiary/aromatic N) is 2. The van der Waals surface area contributed by atoms with Gasteiger partial charge in [-0.25, -0.2) is 0 Å². The molecule has 0 atom stereocenters. The van der Waals surface area contributed by atoms with E-state index in [1.54, 1.807) is 30.5 Å². The normalized spacial score (nSPS) is 10.1. The summed E-state index contributed by atoms with van der Waals surface area (Å²) in [5.74, 6) is -0.468. The van der Waals surface area contributed by atoms with Gasteiger partial charge in [0.2, 0.25) is 11.8 Å². The quantitative estimate of drug-likeness (QED) is 0.727. The van der Waals surface area contributed by atoms with Gasteiger partial charge >= 0.3 is 0 Å². The summed E-state index contributed by atoms with van der Waals surface area (Å²) < 4.78 is 1.42. The Bertz CT molecular complexity index is 620. The van der Waals surface area contributed by atoms with Gasteiger partial charge in [-0.05, 0) is 24.3 Å². The second-order valence-corrected chi connectivity index (χ2v) is 3.93. The Hall–Kier alpha value is -2.83. The van der Waals surface area contributed by atoms with Gasteiger partial charge in [-0.1, -0.05) is 6.07 Å². The van der Waals surface area contributed by atoms with Crippen molar-refractivity contribution in [2.75, 3.05) is 11.1 Å². The molecule has 2 aromatic rings. The lowest BCUT2D eigenvalue weighted by Crippen LogP contribution is -2.19. The Morgan fingerprint density at radius 3 is 2.74 bits per heavy atom. The maximum absolute atomic E-state index is 11.7. The number of carbonyl (C=O) groups is 2. The molecular formula is C12H13N5O2. The molecular weight excluding hydrogens is 246 g/mol. The number of nitrogens with two attached hydrogens (primary N) is 2. The van der Waals surface area contributed by atoms with Crippen LogP contribution in [0.25, 0.3) is 0 Å². The van der Waals surface area contributed by atoms with Crippen LogP contribution in [0.15, 0.2) is 36.5 Å². The van der Waals surface area contributed by atoms with E-state index >= 15 is 0 Å². The van der Waals surface area contributed by atoms with Crippen LogP contribution in [-0.2, 0) is 11.3 Å². The highest BCUT2D eigenvalue weighted by Crippen LogP contribution is 2.10. The average molecular weight is 259 g/mol. The number of hydrogen-bond donors (Lipinski definition) is 3. The predicted octanol–water partition coefficient (Wildman–Crippen LogP) is 0.203. The number of hydrogen-bond acceptors (Lipinski definition) is 4. The summed E-state index contributed by atoms with van der Waals surface area (Å²) in [6.45, 7) is 0.0397. The zero-order chi connectivity index (χ0) is 13.8. The summed E-state index contributed by atoms with van der Waals surface area (Å²) in [7, 11) is 0. The standard InChI is InChI=1S/C12H13N5O2/c13-10-4-5-17(16-10)7-11(18)15-9-3-1-2-8(6-9)12(14)19/h1-6H,7H2,(H2,13,16)(H2,14,19)(H,15,18). The van der Waals surface area contributed by atoms with Gasteiger partial charge in [0.15, 0.2) is 0 Å². The predicted molar refractivity (Wildman–Crippen MR) is 70.2 cm³/mol. The van der Waals surface area contributed by atoms with E-state index in [9.17, 15) is 9.59 Å². The van der Waals surface area contributed by atoms with Crippen molar-refractivity contribution in [2.45, 2.75) is 6.54 Å². The largest absolute Gasteiger partial charge is 0.382 e. The van der Waals surface area contributed by atoms with E-state index in [0.29, 0.717) is 17.1 Å². The molecule has 2 amide bonds. The van der Waals surface area contributed by atoms with Gasteiger partial charge in [-0.3, -0.25) is 14.3 Å². The summed E-state index contributed by atoms with van der Waals surface area (Å²) in [5.41, 5.74) is 11.4. The van der Waals surface area contributed by atoms with Gasteiger partial charge in [-0.2, -0.15) is 5.10 Å². The maximum atomic E-state index is 11.7. The SMILES string of the molecule is NC(=O)c1cccc(NC(=O)Cn2ccc(N)n2)c1. The van der Waals surface area contributed by atoms with Gasteiger partial charge < -0.3 is 16.8 Å². The second kappa shape index (κ2) is 5.21. The highest BCUT2D eigenvalue weighted by molar-refractivity contribution is 5.96. The van der Waals surface area contributed by atoms with Crippen LogP contribution in [0, 0.1) is 0 Å². The minimum Gasteiger partial charge on any atom is -0.382 e. The molecule has 19 heavy (non-hydrogen) atoms. The number of nitrogen functional groups attached to an aromatic ring is 1. The lowest BCUT2D eigenvalue weighted by molar-refractivity contribution is -0.116. The molecule has 1 aromatic carbocycles. The number of rotatable bonds is 4. The molecule has 0 aliphatic heterocycles. The smallest absolute Gasteiger partial charge is 0.248 e. The third-order valence-corrected chi connectivity index (χ3v) is 2.40. The van der Waals surface area contributed by atoms with Crippen molar-refractivity contribution in [3.63, 3.8) is 0 Å². The molecule has 2 rings (SSSR count). The van der Waals surface area contributed by atoms with Crippen molar-refractivity contribution in [3.8, 4) is 0 Å². The first-order chi connectivity index (χ1) is 9.04. The van der Waals surface area contributed by atoms with Crippen LogP contribution in [-0.4, -0.2) is 21.6 Å². The lowest BCUT2D eigenvalue weighted by atomic mass is 10.2. The first-order valence-electron chi connectivity index (χ1n) is 5.53.